The number of nitrogen functional groups attached to an aromatic ring is 2. The zero-order valence-electron chi connectivity index (χ0n) is 11.4. The topological polar surface area (TPSA) is 93.1 Å². The number of fused-ring (bicyclic) bond motifs is 2. The first-order chi connectivity index (χ1) is 10.2. The summed E-state index contributed by atoms with van der Waals surface area (Å²) >= 11 is 0. The van der Waals surface area contributed by atoms with Crippen molar-refractivity contribution in [3.63, 3.8) is 0 Å². The van der Waals surface area contributed by atoms with E-state index < -0.39 is 0 Å². The van der Waals surface area contributed by atoms with Crippen LogP contribution in [0, 0.1) is 0 Å². The number of H-pyrrole nitrogens is 1. The van der Waals surface area contributed by atoms with Gasteiger partial charge in [-0.1, -0.05) is 6.07 Å². The van der Waals surface area contributed by atoms with Crippen molar-refractivity contribution >= 4 is 33.8 Å². The Bertz CT molecular complexity index is 876. The van der Waals surface area contributed by atoms with Crippen LogP contribution in [0.1, 0.15) is 11.4 Å². The molecule has 4 rings (SSSR count). The van der Waals surface area contributed by atoms with Crippen molar-refractivity contribution in [3.05, 3.63) is 47.8 Å². The van der Waals surface area contributed by atoms with Gasteiger partial charge in [-0.05, 0) is 35.9 Å². The minimum Gasteiger partial charge on any atom is -0.399 e. The summed E-state index contributed by atoms with van der Waals surface area (Å²) in [5, 5.41) is 0. The lowest BCUT2D eigenvalue weighted by Gasteiger charge is -1.97. The Labute approximate surface area is 121 Å². The predicted octanol–water partition coefficient (Wildman–Crippen LogP) is 2.60. The fourth-order valence-electron chi connectivity index (χ4n) is 2.72. The van der Waals surface area contributed by atoms with Gasteiger partial charge in [0.15, 0.2) is 0 Å². The number of hydrogen-bond acceptors (Lipinski definition) is 4. The molecule has 0 bridgehead atoms. The smallest absolute Gasteiger partial charge is 0.112 e. The monoisotopic (exact) mass is 277 g/mol. The molecule has 3 aromatic rings. The van der Waals surface area contributed by atoms with Gasteiger partial charge in [-0.15, -0.1) is 0 Å². The van der Waals surface area contributed by atoms with Crippen LogP contribution in [0.2, 0.25) is 0 Å². The number of imidazole rings is 1. The molecule has 104 valence electrons. The van der Waals surface area contributed by atoms with Crippen LogP contribution >= 0.6 is 0 Å². The van der Waals surface area contributed by atoms with Gasteiger partial charge in [0.1, 0.15) is 5.82 Å². The number of nitrogens with one attached hydrogen (secondary N) is 1. The highest BCUT2D eigenvalue weighted by atomic mass is 14.9. The van der Waals surface area contributed by atoms with E-state index in [9.17, 15) is 0 Å². The van der Waals surface area contributed by atoms with Gasteiger partial charge >= 0.3 is 0 Å². The largest absolute Gasteiger partial charge is 0.399 e. The zero-order valence-corrected chi connectivity index (χ0v) is 11.4. The normalized spacial score (nSPS) is 13.4. The molecule has 0 aliphatic carbocycles. The summed E-state index contributed by atoms with van der Waals surface area (Å²) in [7, 11) is 0. The Balaban J connectivity index is 1.62. The van der Waals surface area contributed by atoms with Gasteiger partial charge in [-0.3, -0.25) is 4.99 Å². The van der Waals surface area contributed by atoms with Gasteiger partial charge < -0.3 is 16.5 Å². The Morgan fingerprint density at radius 3 is 2.76 bits per heavy atom. The van der Waals surface area contributed by atoms with Crippen molar-refractivity contribution in [1.82, 2.24) is 9.97 Å². The molecule has 0 atom stereocenters. The molecule has 1 aliphatic heterocycles. The SMILES string of the molecule is Nc1ccc2c(c1)N=C(Cc1nc3ccc(N)cc3[nH]1)C2. The van der Waals surface area contributed by atoms with Crippen LogP contribution in [0.4, 0.5) is 17.1 Å². The molecule has 0 spiro atoms. The number of aromatic amines is 1. The molecule has 1 aromatic heterocycles. The first kappa shape index (κ1) is 12.0. The maximum absolute atomic E-state index is 5.79. The number of anilines is 2. The van der Waals surface area contributed by atoms with E-state index in [-0.39, 0.29) is 0 Å². The third-order valence-electron chi connectivity index (χ3n) is 3.71. The summed E-state index contributed by atoms with van der Waals surface area (Å²) in [4.78, 5) is 12.5. The summed E-state index contributed by atoms with van der Waals surface area (Å²) in [6, 6.07) is 11.6. The second kappa shape index (κ2) is 4.34. The quantitative estimate of drug-likeness (QED) is 0.628. The van der Waals surface area contributed by atoms with Crippen LogP contribution in [0.5, 0.6) is 0 Å². The summed E-state index contributed by atoms with van der Waals surface area (Å²) in [6.07, 6.45) is 1.57. The summed E-state index contributed by atoms with van der Waals surface area (Å²) in [5.41, 5.74) is 18.3. The van der Waals surface area contributed by atoms with Gasteiger partial charge in [0.05, 0.1) is 16.7 Å². The van der Waals surface area contributed by atoms with Gasteiger partial charge in [0, 0.05) is 29.9 Å². The van der Waals surface area contributed by atoms with E-state index in [0.29, 0.717) is 6.42 Å². The van der Waals surface area contributed by atoms with Crippen molar-refractivity contribution in [2.45, 2.75) is 12.8 Å². The summed E-state index contributed by atoms with van der Waals surface area (Å²) in [5.74, 6) is 0.912. The number of aliphatic imine (C=N–C) groups is 1. The molecule has 2 aromatic carbocycles. The van der Waals surface area contributed by atoms with Gasteiger partial charge in [0.25, 0.3) is 0 Å². The molecule has 1 aliphatic rings. The van der Waals surface area contributed by atoms with Crippen molar-refractivity contribution < 1.29 is 0 Å². The fraction of sp³-hybridized carbons (Fsp3) is 0.125. The third kappa shape index (κ3) is 2.12. The third-order valence-corrected chi connectivity index (χ3v) is 3.71. The second-order valence-corrected chi connectivity index (χ2v) is 5.38. The van der Waals surface area contributed by atoms with E-state index >= 15 is 0 Å². The van der Waals surface area contributed by atoms with Crippen LogP contribution in [-0.4, -0.2) is 15.7 Å². The van der Waals surface area contributed by atoms with Crippen LogP contribution in [0.3, 0.4) is 0 Å². The summed E-state index contributed by atoms with van der Waals surface area (Å²) in [6.45, 7) is 0. The minimum absolute atomic E-state index is 0.711. The highest BCUT2D eigenvalue weighted by Gasteiger charge is 2.16. The lowest BCUT2D eigenvalue weighted by atomic mass is 10.1. The molecule has 0 unspecified atom stereocenters. The Hall–Kier alpha value is -2.82. The first-order valence-corrected chi connectivity index (χ1v) is 6.86. The van der Waals surface area contributed by atoms with E-state index in [0.717, 1.165) is 46.1 Å². The Morgan fingerprint density at radius 2 is 1.86 bits per heavy atom. The average Bonchev–Trinajstić information content (AvgIpc) is 3.00. The molecule has 21 heavy (non-hydrogen) atoms. The maximum Gasteiger partial charge on any atom is 0.112 e. The molecule has 0 saturated heterocycles. The molecule has 2 heterocycles. The van der Waals surface area contributed by atoms with E-state index in [1.165, 1.54) is 5.56 Å². The highest BCUT2D eigenvalue weighted by Crippen LogP contribution is 2.29. The lowest BCUT2D eigenvalue weighted by Crippen LogP contribution is -2.04. The standard InChI is InChI=1S/C16H15N5/c17-10-2-1-9-5-12(19-14(9)6-10)8-16-20-13-4-3-11(18)7-15(13)21-16/h1-4,6-7H,5,8,17-18H2,(H,20,21). The molecular weight excluding hydrogens is 262 g/mol. The maximum atomic E-state index is 5.79. The lowest BCUT2D eigenvalue weighted by molar-refractivity contribution is 1.09. The molecule has 0 saturated carbocycles. The van der Waals surface area contributed by atoms with Crippen LogP contribution < -0.4 is 11.5 Å². The highest BCUT2D eigenvalue weighted by molar-refractivity contribution is 5.95. The van der Waals surface area contributed by atoms with E-state index in [1.807, 2.05) is 36.4 Å². The van der Waals surface area contributed by atoms with E-state index in [1.54, 1.807) is 0 Å². The number of nitrogens with two attached hydrogens (primary N) is 2. The van der Waals surface area contributed by atoms with E-state index in [2.05, 4.69) is 15.0 Å². The molecule has 0 radical (unpaired) electrons. The molecule has 5 nitrogen and oxygen atoms in total. The predicted molar refractivity (Wildman–Crippen MR) is 85.9 cm³/mol. The van der Waals surface area contributed by atoms with Crippen molar-refractivity contribution in [1.29, 1.82) is 0 Å². The average molecular weight is 277 g/mol. The Morgan fingerprint density at radius 1 is 1.05 bits per heavy atom. The molecule has 5 N–H and O–H groups in total. The molecule has 0 amide bonds. The van der Waals surface area contributed by atoms with Crippen LogP contribution in [0.15, 0.2) is 41.4 Å². The van der Waals surface area contributed by atoms with Crippen molar-refractivity contribution in [3.8, 4) is 0 Å². The molecular formula is C16H15N5. The first-order valence-electron chi connectivity index (χ1n) is 6.86. The second-order valence-electron chi connectivity index (χ2n) is 5.38. The van der Waals surface area contributed by atoms with Crippen molar-refractivity contribution in [2.75, 3.05) is 11.5 Å². The van der Waals surface area contributed by atoms with Crippen LogP contribution in [0.25, 0.3) is 11.0 Å². The van der Waals surface area contributed by atoms with Crippen LogP contribution in [-0.2, 0) is 12.8 Å². The number of nitrogens with zero attached hydrogens (tertiary/aromatic N) is 2. The molecule has 5 heteroatoms. The number of rotatable bonds is 2. The number of benzene rings is 2. The fourth-order valence-corrected chi connectivity index (χ4v) is 2.72. The molecule has 0 fully saturated rings. The number of hydrogen-bond donors (Lipinski definition) is 3. The van der Waals surface area contributed by atoms with Gasteiger partial charge in [-0.25, -0.2) is 4.98 Å². The van der Waals surface area contributed by atoms with E-state index in [4.69, 9.17) is 11.5 Å². The minimum atomic E-state index is 0.711. The zero-order chi connectivity index (χ0) is 14.4. The van der Waals surface area contributed by atoms with Gasteiger partial charge in [0.2, 0.25) is 0 Å². The summed E-state index contributed by atoms with van der Waals surface area (Å²) < 4.78 is 0. The van der Waals surface area contributed by atoms with Crippen molar-refractivity contribution in [2.24, 2.45) is 4.99 Å². The number of aromatic nitrogens is 2. The Kier molecular flexibility index (Phi) is 2.47. The van der Waals surface area contributed by atoms with Gasteiger partial charge in [-0.2, -0.15) is 0 Å².